The van der Waals surface area contributed by atoms with Gasteiger partial charge in [0.15, 0.2) is 0 Å². The van der Waals surface area contributed by atoms with Gasteiger partial charge in [-0.2, -0.15) is 0 Å². The predicted molar refractivity (Wildman–Crippen MR) is 112 cm³/mol. The summed E-state index contributed by atoms with van der Waals surface area (Å²) in [6, 6.07) is 25.7. The van der Waals surface area contributed by atoms with E-state index in [2.05, 4.69) is 10.6 Å². The van der Waals surface area contributed by atoms with Gasteiger partial charge in [0, 0.05) is 17.3 Å². The third kappa shape index (κ3) is 4.82. The third-order valence-electron chi connectivity index (χ3n) is 4.67. The lowest BCUT2D eigenvalue weighted by atomic mass is 10.1. The SMILES string of the molecule is O=C(Nc1ccccc1)c1ccccc1O[C@@H](C(=O)NC1CC1)c1ccccc1. The maximum atomic E-state index is 12.8. The van der Waals surface area contributed by atoms with Crippen LogP contribution in [0.15, 0.2) is 84.9 Å². The molecule has 5 heteroatoms. The summed E-state index contributed by atoms with van der Waals surface area (Å²) in [6.07, 6.45) is 1.15. The van der Waals surface area contributed by atoms with Crippen molar-refractivity contribution in [2.45, 2.75) is 25.0 Å². The average molecular weight is 386 g/mol. The molecule has 0 aliphatic heterocycles. The molecule has 1 aliphatic carbocycles. The van der Waals surface area contributed by atoms with E-state index in [0.29, 0.717) is 17.0 Å². The molecule has 3 aromatic rings. The lowest BCUT2D eigenvalue weighted by Gasteiger charge is -2.21. The fourth-order valence-corrected chi connectivity index (χ4v) is 3.01. The van der Waals surface area contributed by atoms with Gasteiger partial charge in [-0.3, -0.25) is 9.59 Å². The lowest BCUT2D eigenvalue weighted by molar-refractivity contribution is -0.128. The van der Waals surface area contributed by atoms with E-state index in [9.17, 15) is 9.59 Å². The lowest BCUT2D eigenvalue weighted by Crippen LogP contribution is -2.34. The van der Waals surface area contributed by atoms with Crippen molar-refractivity contribution in [3.63, 3.8) is 0 Å². The number of rotatable bonds is 7. The standard InChI is InChI=1S/C24H22N2O3/c27-23(25-18-11-5-2-6-12-18)20-13-7-8-14-21(20)29-22(17-9-3-1-4-10-17)24(28)26-19-15-16-19/h1-14,19,22H,15-16H2,(H,25,27)(H,26,28)/t22-/m1/s1. The molecule has 5 nitrogen and oxygen atoms in total. The number of ether oxygens (including phenoxy) is 1. The first kappa shape index (κ1) is 18.7. The zero-order chi connectivity index (χ0) is 20.1. The van der Waals surface area contributed by atoms with Crippen LogP contribution in [0.2, 0.25) is 0 Å². The molecule has 2 amide bonds. The minimum Gasteiger partial charge on any atom is -0.475 e. The second-order valence-corrected chi connectivity index (χ2v) is 7.01. The van der Waals surface area contributed by atoms with E-state index in [1.807, 2.05) is 60.7 Å². The molecule has 29 heavy (non-hydrogen) atoms. The van der Waals surface area contributed by atoms with Gasteiger partial charge in [-0.25, -0.2) is 0 Å². The van der Waals surface area contributed by atoms with Crippen molar-refractivity contribution in [1.82, 2.24) is 5.32 Å². The molecule has 0 heterocycles. The van der Waals surface area contributed by atoms with Crippen molar-refractivity contribution < 1.29 is 14.3 Å². The quantitative estimate of drug-likeness (QED) is 0.635. The molecular weight excluding hydrogens is 364 g/mol. The van der Waals surface area contributed by atoms with Crippen LogP contribution < -0.4 is 15.4 Å². The van der Waals surface area contributed by atoms with Crippen molar-refractivity contribution in [2.24, 2.45) is 0 Å². The monoisotopic (exact) mass is 386 g/mol. The van der Waals surface area contributed by atoms with E-state index in [-0.39, 0.29) is 17.9 Å². The molecule has 2 N–H and O–H groups in total. The van der Waals surface area contributed by atoms with E-state index < -0.39 is 6.10 Å². The molecule has 1 aliphatic rings. The van der Waals surface area contributed by atoms with E-state index in [0.717, 1.165) is 18.4 Å². The van der Waals surface area contributed by atoms with Crippen LogP contribution in [0.25, 0.3) is 0 Å². The van der Waals surface area contributed by atoms with Crippen LogP contribution in [0, 0.1) is 0 Å². The predicted octanol–water partition coefficient (Wildman–Crippen LogP) is 4.34. The molecule has 0 bridgehead atoms. The van der Waals surface area contributed by atoms with Gasteiger partial charge in [-0.05, 0) is 37.1 Å². The molecule has 0 spiro atoms. The zero-order valence-corrected chi connectivity index (χ0v) is 15.9. The highest BCUT2D eigenvalue weighted by molar-refractivity contribution is 6.06. The number of para-hydroxylation sites is 2. The highest BCUT2D eigenvalue weighted by Crippen LogP contribution is 2.28. The minimum absolute atomic E-state index is 0.197. The third-order valence-corrected chi connectivity index (χ3v) is 4.67. The van der Waals surface area contributed by atoms with Crippen LogP contribution in [-0.2, 0) is 4.79 Å². The Kier molecular flexibility index (Phi) is 5.56. The second-order valence-electron chi connectivity index (χ2n) is 7.01. The second kappa shape index (κ2) is 8.61. The largest absolute Gasteiger partial charge is 0.475 e. The van der Waals surface area contributed by atoms with E-state index in [1.165, 1.54) is 0 Å². The molecule has 146 valence electrons. The van der Waals surface area contributed by atoms with Gasteiger partial charge in [0.25, 0.3) is 11.8 Å². The molecule has 1 fully saturated rings. The molecule has 0 saturated heterocycles. The maximum Gasteiger partial charge on any atom is 0.266 e. The van der Waals surface area contributed by atoms with Crippen LogP contribution in [0.5, 0.6) is 5.75 Å². The molecule has 0 aromatic heterocycles. The first-order chi connectivity index (χ1) is 14.2. The molecule has 1 saturated carbocycles. The van der Waals surface area contributed by atoms with Crippen LogP contribution in [0.1, 0.15) is 34.9 Å². The normalized spacial score (nSPS) is 13.9. The Morgan fingerprint density at radius 1 is 0.828 bits per heavy atom. The van der Waals surface area contributed by atoms with Crippen molar-refractivity contribution >= 4 is 17.5 Å². The fraction of sp³-hybridized carbons (Fsp3) is 0.167. The van der Waals surface area contributed by atoms with Gasteiger partial charge in [0.1, 0.15) is 5.75 Å². The summed E-state index contributed by atoms with van der Waals surface area (Å²) in [5.74, 6) is -0.126. The summed E-state index contributed by atoms with van der Waals surface area (Å²) >= 11 is 0. The Morgan fingerprint density at radius 3 is 2.14 bits per heavy atom. The molecular formula is C24H22N2O3. The van der Waals surface area contributed by atoms with Gasteiger partial charge in [-0.15, -0.1) is 0 Å². The topological polar surface area (TPSA) is 67.4 Å². The zero-order valence-electron chi connectivity index (χ0n) is 15.9. The Balaban J connectivity index is 1.59. The van der Waals surface area contributed by atoms with Crippen molar-refractivity contribution in [1.29, 1.82) is 0 Å². The average Bonchev–Trinajstić information content (AvgIpc) is 3.57. The molecule has 3 aromatic carbocycles. The smallest absolute Gasteiger partial charge is 0.266 e. The minimum atomic E-state index is -0.831. The summed E-state index contributed by atoms with van der Waals surface area (Å²) in [4.78, 5) is 25.7. The van der Waals surface area contributed by atoms with Crippen molar-refractivity contribution in [3.05, 3.63) is 96.1 Å². The fourth-order valence-electron chi connectivity index (χ4n) is 3.01. The van der Waals surface area contributed by atoms with Gasteiger partial charge in [-0.1, -0.05) is 60.7 Å². The van der Waals surface area contributed by atoms with Crippen LogP contribution in [0.3, 0.4) is 0 Å². The van der Waals surface area contributed by atoms with Crippen molar-refractivity contribution in [3.8, 4) is 5.75 Å². The number of carbonyl (C=O) groups excluding carboxylic acids is 2. The molecule has 4 rings (SSSR count). The van der Waals surface area contributed by atoms with Gasteiger partial charge >= 0.3 is 0 Å². The summed E-state index contributed by atoms with van der Waals surface area (Å²) < 4.78 is 6.11. The van der Waals surface area contributed by atoms with Crippen LogP contribution in [-0.4, -0.2) is 17.9 Å². The Hall–Kier alpha value is -3.60. The highest BCUT2D eigenvalue weighted by Gasteiger charge is 2.30. The Labute approximate surface area is 169 Å². The van der Waals surface area contributed by atoms with Gasteiger partial charge < -0.3 is 15.4 Å². The summed E-state index contributed by atoms with van der Waals surface area (Å²) in [5.41, 5.74) is 1.80. The highest BCUT2D eigenvalue weighted by atomic mass is 16.5. The van der Waals surface area contributed by atoms with E-state index >= 15 is 0 Å². The number of hydrogen-bond acceptors (Lipinski definition) is 3. The number of nitrogens with one attached hydrogen (secondary N) is 2. The Bertz CT molecular complexity index is 985. The summed E-state index contributed by atoms with van der Waals surface area (Å²) in [7, 11) is 0. The van der Waals surface area contributed by atoms with Gasteiger partial charge in [0.2, 0.25) is 6.10 Å². The van der Waals surface area contributed by atoms with Crippen LogP contribution in [0.4, 0.5) is 5.69 Å². The van der Waals surface area contributed by atoms with Crippen LogP contribution >= 0.6 is 0 Å². The summed E-state index contributed by atoms with van der Waals surface area (Å²) in [6.45, 7) is 0. The van der Waals surface area contributed by atoms with E-state index in [1.54, 1.807) is 24.3 Å². The van der Waals surface area contributed by atoms with E-state index in [4.69, 9.17) is 4.74 Å². The molecule has 0 unspecified atom stereocenters. The summed E-state index contributed by atoms with van der Waals surface area (Å²) in [5, 5.41) is 5.86. The number of carbonyl (C=O) groups is 2. The molecule has 1 atom stereocenters. The number of anilines is 1. The van der Waals surface area contributed by atoms with Crippen molar-refractivity contribution in [2.75, 3.05) is 5.32 Å². The number of benzene rings is 3. The first-order valence-corrected chi connectivity index (χ1v) is 9.68. The maximum absolute atomic E-state index is 12.8. The molecule has 0 radical (unpaired) electrons. The number of amides is 2. The number of hydrogen-bond donors (Lipinski definition) is 2. The first-order valence-electron chi connectivity index (χ1n) is 9.68. The Morgan fingerprint density at radius 2 is 1.45 bits per heavy atom. The van der Waals surface area contributed by atoms with Gasteiger partial charge in [0.05, 0.1) is 5.56 Å².